The molecule has 1 heterocycles. The monoisotopic (exact) mass is 307 g/mol. The first-order valence-electron chi connectivity index (χ1n) is 7.64. The number of rotatable bonds is 2. The molecule has 0 aromatic heterocycles. The zero-order valence-electron chi connectivity index (χ0n) is 12.2. The van der Waals surface area contributed by atoms with Crippen molar-refractivity contribution < 1.29 is 18.7 Å². The van der Waals surface area contributed by atoms with Crippen LogP contribution >= 0.6 is 0 Å². The summed E-state index contributed by atoms with van der Waals surface area (Å²) in [6.45, 7) is 0.180. The number of halogens is 2. The van der Waals surface area contributed by atoms with Crippen LogP contribution in [0.1, 0.15) is 37.3 Å². The fraction of sp³-hybridized carbons (Fsp3) is 0.471. The number of β-amino-alcohol motifs (C(OH)–C–C–N with tert-alkyl or cyclic N) is 1. The van der Waals surface area contributed by atoms with Crippen LogP contribution in [0.5, 0.6) is 0 Å². The number of nitrogens with zero attached hydrogens (tertiary/aromatic N) is 1. The van der Waals surface area contributed by atoms with Gasteiger partial charge < -0.3 is 10.0 Å². The highest BCUT2D eigenvalue weighted by molar-refractivity contribution is 5.80. The minimum Gasteiger partial charge on any atom is -0.391 e. The summed E-state index contributed by atoms with van der Waals surface area (Å²) in [6.07, 6.45) is 5.86. The van der Waals surface area contributed by atoms with Crippen molar-refractivity contribution >= 4 is 5.91 Å². The van der Waals surface area contributed by atoms with Gasteiger partial charge in [-0.05, 0) is 43.9 Å². The summed E-state index contributed by atoms with van der Waals surface area (Å²) in [5.41, 5.74) is 0.149. The largest absolute Gasteiger partial charge is 0.391 e. The van der Waals surface area contributed by atoms with Gasteiger partial charge in [-0.2, -0.15) is 0 Å². The second kappa shape index (κ2) is 6.16. The number of hydrogen-bond acceptors (Lipinski definition) is 2. The first-order chi connectivity index (χ1) is 10.6. The highest BCUT2D eigenvalue weighted by atomic mass is 19.1. The SMILES string of the molecule is O=C(C1CC=CCC1)N1CC(O)CC1c1cc(F)ccc1F. The molecule has 1 aliphatic heterocycles. The smallest absolute Gasteiger partial charge is 0.226 e. The van der Waals surface area contributed by atoms with E-state index in [4.69, 9.17) is 0 Å². The summed E-state index contributed by atoms with van der Waals surface area (Å²) in [7, 11) is 0. The van der Waals surface area contributed by atoms with Gasteiger partial charge in [0.1, 0.15) is 11.6 Å². The molecule has 3 atom stereocenters. The molecule has 1 N–H and O–H groups in total. The fourth-order valence-corrected chi connectivity index (χ4v) is 3.37. The molecular weight excluding hydrogens is 288 g/mol. The van der Waals surface area contributed by atoms with Crippen LogP contribution < -0.4 is 0 Å². The molecule has 1 amide bonds. The van der Waals surface area contributed by atoms with E-state index in [-0.39, 0.29) is 30.4 Å². The first-order valence-corrected chi connectivity index (χ1v) is 7.64. The summed E-state index contributed by atoms with van der Waals surface area (Å²) < 4.78 is 27.5. The van der Waals surface area contributed by atoms with Gasteiger partial charge in [-0.15, -0.1) is 0 Å². The number of amides is 1. The molecule has 1 aliphatic carbocycles. The van der Waals surface area contributed by atoms with Crippen LogP contribution in [0.2, 0.25) is 0 Å². The standard InChI is InChI=1S/C17H19F2NO2/c18-12-6-7-15(19)14(8-12)16-9-13(21)10-20(16)17(22)11-4-2-1-3-5-11/h1-2,6-8,11,13,16,21H,3-5,9-10H2. The van der Waals surface area contributed by atoms with Gasteiger partial charge in [0.15, 0.2) is 0 Å². The average molecular weight is 307 g/mol. The third-order valence-corrected chi connectivity index (χ3v) is 4.50. The van der Waals surface area contributed by atoms with Crippen LogP contribution in [0.15, 0.2) is 30.4 Å². The van der Waals surface area contributed by atoms with Crippen LogP contribution in [0.4, 0.5) is 8.78 Å². The van der Waals surface area contributed by atoms with Crippen molar-refractivity contribution in [1.29, 1.82) is 0 Å². The van der Waals surface area contributed by atoms with Crippen LogP contribution in [0.3, 0.4) is 0 Å². The minimum atomic E-state index is -0.698. The van der Waals surface area contributed by atoms with Crippen LogP contribution in [-0.2, 0) is 4.79 Å². The molecule has 0 radical (unpaired) electrons. The molecule has 0 bridgehead atoms. The van der Waals surface area contributed by atoms with Crippen molar-refractivity contribution in [2.45, 2.75) is 37.8 Å². The van der Waals surface area contributed by atoms with E-state index in [2.05, 4.69) is 0 Å². The van der Waals surface area contributed by atoms with E-state index in [9.17, 15) is 18.7 Å². The van der Waals surface area contributed by atoms with Crippen LogP contribution in [0, 0.1) is 17.6 Å². The van der Waals surface area contributed by atoms with Crippen molar-refractivity contribution in [2.75, 3.05) is 6.54 Å². The van der Waals surface area contributed by atoms with Gasteiger partial charge in [0.25, 0.3) is 0 Å². The molecule has 1 saturated heterocycles. The second-order valence-electron chi connectivity index (χ2n) is 6.04. The van der Waals surface area contributed by atoms with Crippen LogP contribution in [-0.4, -0.2) is 28.6 Å². The number of carbonyl (C=O) groups excluding carboxylic acids is 1. The van der Waals surface area contributed by atoms with Gasteiger partial charge >= 0.3 is 0 Å². The molecule has 0 spiro atoms. The lowest BCUT2D eigenvalue weighted by Gasteiger charge is -2.29. The lowest BCUT2D eigenvalue weighted by molar-refractivity contribution is -0.137. The number of benzene rings is 1. The van der Waals surface area contributed by atoms with Crippen LogP contribution in [0.25, 0.3) is 0 Å². The average Bonchev–Trinajstić information content (AvgIpc) is 2.91. The maximum Gasteiger partial charge on any atom is 0.226 e. The van der Waals surface area contributed by atoms with Crippen molar-refractivity contribution in [1.82, 2.24) is 4.90 Å². The molecule has 1 fully saturated rings. The van der Waals surface area contributed by atoms with E-state index in [1.165, 1.54) is 4.90 Å². The Morgan fingerprint density at radius 2 is 2.09 bits per heavy atom. The summed E-state index contributed by atoms with van der Waals surface area (Å²) in [5.74, 6) is -1.28. The van der Waals surface area contributed by atoms with Gasteiger partial charge in [0.2, 0.25) is 5.91 Å². The molecule has 3 unspecified atom stereocenters. The Kier molecular flexibility index (Phi) is 4.25. The molecule has 0 saturated carbocycles. The molecule has 1 aromatic carbocycles. The minimum absolute atomic E-state index is 0.0745. The third kappa shape index (κ3) is 2.90. The molecule has 3 rings (SSSR count). The number of hydrogen-bond donors (Lipinski definition) is 1. The molecule has 2 aliphatic rings. The van der Waals surface area contributed by atoms with E-state index in [0.29, 0.717) is 6.42 Å². The van der Waals surface area contributed by atoms with Crippen molar-refractivity contribution in [2.24, 2.45) is 5.92 Å². The molecular formula is C17H19F2NO2. The Hall–Kier alpha value is -1.75. The highest BCUT2D eigenvalue weighted by Crippen LogP contribution is 2.36. The second-order valence-corrected chi connectivity index (χ2v) is 6.04. The highest BCUT2D eigenvalue weighted by Gasteiger charge is 2.39. The number of carbonyl (C=O) groups is 1. The summed E-state index contributed by atoms with van der Waals surface area (Å²) >= 11 is 0. The quantitative estimate of drug-likeness (QED) is 0.853. The van der Waals surface area contributed by atoms with E-state index >= 15 is 0 Å². The maximum atomic E-state index is 14.0. The Morgan fingerprint density at radius 3 is 2.82 bits per heavy atom. The maximum absolute atomic E-state index is 14.0. The van der Waals surface area contributed by atoms with Crippen molar-refractivity contribution in [3.05, 3.63) is 47.5 Å². The first kappa shape index (κ1) is 15.2. The van der Waals surface area contributed by atoms with Gasteiger partial charge in [0.05, 0.1) is 12.1 Å². The van der Waals surface area contributed by atoms with Crippen molar-refractivity contribution in [3.63, 3.8) is 0 Å². The zero-order chi connectivity index (χ0) is 15.7. The fourth-order valence-electron chi connectivity index (χ4n) is 3.37. The van der Waals surface area contributed by atoms with Crippen molar-refractivity contribution in [3.8, 4) is 0 Å². The Morgan fingerprint density at radius 1 is 1.27 bits per heavy atom. The lowest BCUT2D eigenvalue weighted by atomic mass is 9.92. The van der Waals surface area contributed by atoms with Gasteiger partial charge in [-0.25, -0.2) is 8.78 Å². The van der Waals surface area contributed by atoms with E-state index in [0.717, 1.165) is 31.0 Å². The molecule has 22 heavy (non-hydrogen) atoms. The number of aliphatic hydroxyl groups excluding tert-OH is 1. The predicted octanol–water partition coefficient (Wildman–Crippen LogP) is 2.96. The summed E-state index contributed by atoms with van der Waals surface area (Å²) in [6, 6.07) is 2.66. The summed E-state index contributed by atoms with van der Waals surface area (Å²) in [4.78, 5) is 14.2. The number of likely N-dealkylation sites (tertiary alicyclic amines) is 1. The third-order valence-electron chi connectivity index (χ3n) is 4.50. The van der Waals surface area contributed by atoms with Gasteiger partial charge in [0, 0.05) is 18.0 Å². The predicted molar refractivity (Wildman–Crippen MR) is 77.9 cm³/mol. The molecule has 1 aromatic rings. The Bertz CT molecular complexity index is 602. The Balaban J connectivity index is 1.87. The van der Waals surface area contributed by atoms with E-state index in [1.807, 2.05) is 12.2 Å². The topological polar surface area (TPSA) is 40.5 Å². The normalized spacial score (nSPS) is 28.1. The summed E-state index contributed by atoms with van der Waals surface area (Å²) in [5, 5.41) is 9.91. The number of aliphatic hydroxyl groups is 1. The van der Waals surface area contributed by atoms with E-state index in [1.54, 1.807) is 0 Å². The molecule has 5 heteroatoms. The van der Waals surface area contributed by atoms with Gasteiger partial charge in [-0.1, -0.05) is 12.2 Å². The Labute approximate surface area is 128 Å². The van der Waals surface area contributed by atoms with Gasteiger partial charge in [-0.3, -0.25) is 4.79 Å². The van der Waals surface area contributed by atoms with E-state index < -0.39 is 23.8 Å². The lowest BCUT2D eigenvalue weighted by Crippen LogP contribution is -2.37. The molecule has 118 valence electrons. The zero-order valence-corrected chi connectivity index (χ0v) is 12.2. The number of allylic oxidation sites excluding steroid dienone is 2. The molecule has 3 nitrogen and oxygen atoms in total.